The second-order valence-electron chi connectivity index (χ2n) is 4.88. The number of rotatable bonds is 1. The Hall–Kier alpha value is -1.81. The van der Waals surface area contributed by atoms with Crippen molar-refractivity contribution >= 4 is 33.2 Å². The fourth-order valence-corrected chi connectivity index (χ4v) is 2.79. The van der Waals surface area contributed by atoms with Crippen LogP contribution in [0.2, 0.25) is 0 Å². The number of fused-ring (bicyclic) bond motifs is 1. The summed E-state index contributed by atoms with van der Waals surface area (Å²) < 4.78 is 0.991. The van der Waals surface area contributed by atoms with E-state index in [0.717, 1.165) is 22.3 Å². The minimum absolute atomic E-state index is 0.0657. The second-order valence-corrected chi connectivity index (χ2v) is 5.80. The van der Waals surface area contributed by atoms with E-state index >= 15 is 0 Å². The molecule has 4 heteroatoms. The van der Waals surface area contributed by atoms with Crippen molar-refractivity contribution in [3.63, 3.8) is 0 Å². The van der Waals surface area contributed by atoms with Crippen LogP contribution in [0.4, 0.5) is 11.4 Å². The first-order valence-corrected chi connectivity index (χ1v) is 7.42. The molecule has 1 heterocycles. The maximum Gasteiger partial charge on any atom is 0.224 e. The Morgan fingerprint density at radius 1 is 1.05 bits per heavy atom. The third-order valence-corrected chi connectivity index (χ3v) is 3.94. The van der Waals surface area contributed by atoms with Gasteiger partial charge in [-0.15, -0.1) is 0 Å². The molecule has 0 aromatic heterocycles. The van der Waals surface area contributed by atoms with Gasteiger partial charge in [-0.05, 0) is 30.2 Å². The van der Waals surface area contributed by atoms with Crippen LogP contribution in [0.5, 0.6) is 0 Å². The van der Waals surface area contributed by atoms with E-state index in [9.17, 15) is 4.79 Å². The second kappa shape index (κ2) is 5.67. The summed E-state index contributed by atoms with van der Waals surface area (Å²) in [6.07, 6.45) is 1.30. The lowest BCUT2D eigenvalue weighted by Crippen LogP contribution is -2.21. The van der Waals surface area contributed by atoms with Crippen LogP contribution in [0, 0.1) is 0 Å². The molecule has 0 radical (unpaired) electrons. The van der Waals surface area contributed by atoms with Gasteiger partial charge in [0, 0.05) is 10.9 Å². The number of nitrogens with one attached hydrogen (secondary N) is 2. The molecule has 1 amide bonds. The molecule has 20 heavy (non-hydrogen) atoms. The molecular weight excluding hydrogens is 316 g/mol. The lowest BCUT2D eigenvalue weighted by molar-refractivity contribution is -0.116. The Kier molecular flexibility index (Phi) is 3.74. The van der Waals surface area contributed by atoms with Crippen LogP contribution in [0.1, 0.15) is 24.4 Å². The minimum atomic E-state index is 0.0657. The molecule has 2 N–H and O–H groups in total. The van der Waals surface area contributed by atoms with Crippen molar-refractivity contribution in [1.82, 2.24) is 0 Å². The molecule has 2 aromatic rings. The standard InChI is InChI=1S/C16H15BrN2O/c17-12-6-7-14-15(10-12)18-13(8-9-16(20)19-14)11-4-2-1-3-5-11/h1-7,10,13,18H,8-9H2,(H,19,20). The smallest absolute Gasteiger partial charge is 0.224 e. The van der Waals surface area contributed by atoms with Crippen molar-refractivity contribution in [3.05, 3.63) is 58.6 Å². The van der Waals surface area contributed by atoms with Crippen molar-refractivity contribution < 1.29 is 4.79 Å². The van der Waals surface area contributed by atoms with Crippen molar-refractivity contribution in [3.8, 4) is 0 Å². The first kappa shape index (κ1) is 13.2. The van der Waals surface area contributed by atoms with E-state index in [0.29, 0.717) is 6.42 Å². The van der Waals surface area contributed by atoms with Crippen LogP contribution < -0.4 is 10.6 Å². The van der Waals surface area contributed by atoms with Crippen LogP contribution in [0.25, 0.3) is 0 Å². The first-order valence-electron chi connectivity index (χ1n) is 6.63. The number of amides is 1. The van der Waals surface area contributed by atoms with E-state index in [4.69, 9.17) is 0 Å². The summed E-state index contributed by atoms with van der Waals surface area (Å²) in [5.74, 6) is 0.0657. The highest BCUT2D eigenvalue weighted by Gasteiger charge is 2.19. The van der Waals surface area contributed by atoms with Crippen molar-refractivity contribution in [2.75, 3.05) is 10.6 Å². The minimum Gasteiger partial charge on any atom is -0.377 e. The number of hydrogen-bond acceptors (Lipinski definition) is 2. The molecule has 0 bridgehead atoms. The molecule has 1 atom stereocenters. The Bertz CT molecular complexity index is 628. The zero-order chi connectivity index (χ0) is 13.9. The normalized spacial score (nSPS) is 18.2. The predicted molar refractivity (Wildman–Crippen MR) is 84.8 cm³/mol. The average Bonchev–Trinajstić information content (AvgIpc) is 2.45. The molecule has 1 aliphatic heterocycles. The topological polar surface area (TPSA) is 41.1 Å². The van der Waals surface area contributed by atoms with Crippen LogP contribution in [0.3, 0.4) is 0 Å². The highest BCUT2D eigenvalue weighted by Crippen LogP contribution is 2.33. The quantitative estimate of drug-likeness (QED) is 0.816. The van der Waals surface area contributed by atoms with Crippen molar-refractivity contribution in [2.24, 2.45) is 0 Å². The maximum atomic E-state index is 11.9. The van der Waals surface area contributed by atoms with Crippen molar-refractivity contribution in [1.29, 1.82) is 0 Å². The SMILES string of the molecule is O=C1CCC(c2ccccc2)Nc2cc(Br)ccc2N1. The van der Waals surface area contributed by atoms with E-state index < -0.39 is 0 Å². The highest BCUT2D eigenvalue weighted by molar-refractivity contribution is 9.10. The summed E-state index contributed by atoms with van der Waals surface area (Å²) in [5.41, 5.74) is 2.98. The largest absolute Gasteiger partial charge is 0.377 e. The Balaban J connectivity index is 1.98. The van der Waals surface area contributed by atoms with Gasteiger partial charge >= 0.3 is 0 Å². The Morgan fingerprint density at radius 2 is 1.85 bits per heavy atom. The lowest BCUT2D eigenvalue weighted by atomic mass is 10.00. The molecule has 1 unspecified atom stereocenters. The molecule has 0 spiro atoms. The lowest BCUT2D eigenvalue weighted by Gasteiger charge is -2.25. The summed E-state index contributed by atoms with van der Waals surface area (Å²) >= 11 is 3.47. The summed E-state index contributed by atoms with van der Waals surface area (Å²) in [6, 6.07) is 16.2. The molecule has 2 aromatic carbocycles. The first-order chi connectivity index (χ1) is 9.72. The molecule has 0 aliphatic carbocycles. The highest BCUT2D eigenvalue weighted by atomic mass is 79.9. The van der Waals surface area contributed by atoms with Gasteiger partial charge in [0.1, 0.15) is 0 Å². The molecule has 0 fully saturated rings. The number of carbonyl (C=O) groups is 1. The fourth-order valence-electron chi connectivity index (χ4n) is 2.43. The number of anilines is 2. The van der Waals surface area contributed by atoms with Gasteiger partial charge < -0.3 is 10.6 Å². The number of hydrogen-bond donors (Lipinski definition) is 2. The van der Waals surface area contributed by atoms with Gasteiger partial charge in [-0.25, -0.2) is 0 Å². The van der Waals surface area contributed by atoms with Gasteiger partial charge in [-0.1, -0.05) is 46.3 Å². The Morgan fingerprint density at radius 3 is 2.65 bits per heavy atom. The zero-order valence-electron chi connectivity index (χ0n) is 10.9. The van der Waals surface area contributed by atoms with Gasteiger partial charge in [0.2, 0.25) is 5.91 Å². The van der Waals surface area contributed by atoms with E-state index in [2.05, 4.69) is 38.7 Å². The maximum absolute atomic E-state index is 11.9. The number of benzene rings is 2. The van der Waals surface area contributed by atoms with Crippen LogP contribution in [-0.2, 0) is 4.79 Å². The fraction of sp³-hybridized carbons (Fsp3) is 0.188. The third-order valence-electron chi connectivity index (χ3n) is 3.45. The summed E-state index contributed by atoms with van der Waals surface area (Å²) in [5, 5.41) is 6.47. The van der Waals surface area contributed by atoms with Gasteiger partial charge in [0.25, 0.3) is 0 Å². The number of halogens is 1. The monoisotopic (exact) mass is 330 g/mol. The van der Waals surface area contributed by atoms with E-state index in [1.165, 1.54) is 5.56 Å². The van der Waals surface area contributed by atoms with Gasteiger partial charge in [-0.3, -0.25) is 4.79 Å². The van der Waals surface area contributed by atoms with Gasteiger partial charge in [-0.2, -0.15) is 0 Å². The van der Waals surface area contributed by atoms with Gasteiger partial charge in [0.15, 0.2) is 0 Å². The summed E-state index contributed by atoms with van der Waals surface area (Å²) in [7, 11) is 0. The molecule has 3 rings (SSSR count). The molecule has 3 nitrogen and oxygen atoms in total. The summed E-state index contributed by atoms with van der Waals surface area (Å²) in [4.78, 5) is 11.9. The van der Waals surface area contributed by atoms with E-state index in [1.54, 1.807) is 0 Å². The van der Waals surface area contributed by atoms with E-state index in [1.807, 2.05) is 36.4 Å². The predicted octanol–water partition coefficient (Wildman–Crippen LogP) is 4.33. The van der Waals surface area contributed by atoms with Crippen molar-refractivity contribution in [2.45, 2.75) is 18.9 Å². The molecule has 102 valence electrons. The Labute approximate surface area is 126 Å². The molecule has 1 aliphatic rings. The molecule has 0 saturated carbocycles. The zero-order valence-corrected chi connectivity index (χ0v) is 12.5. The third kappa shape index (κ3) is 2.85. The number of carbonyl (C=O) groups excluding carboxylic acids is 1. The van der Waals surface area contributed by atoms with Crippen LogP contribution in [-0.4, -0.2) is 5.91 Å². The summed E-state index contributed by atoms with van der Waals surface area (Å²) in [6.45, 7) is 0. The van der Waals surface area contributed by atoms with Crippen LogP contribution in [0.15, 0.2) is 53.0 Å². The average molecular weight is 331 g/mol. The molecular formula is C16H15BrN2O. The molecule has 0 saturated heterocycles. The van der Waals surface area contributed by atoms with Crippen LogP contribution >= 0.6 is 15.9 Å². The van der Waals surface area contributed by atoms with Gasteiger partial charge in [0.05, 0.1) is 17.4 Å². The van der Waals surface area contributed by atoms with E-state index in [-0.39, 0.29) is 11.9 Å².